The number of hydrogen-bond donors (Lipinski definition) is 2. The normalized spacial score (nSPS) is 14.6. The Morgan fingerprint density at radius 2 is 1.87 bits per heavy atom. The molecule has 30 heavy (non-hydrogen) atoms. The smallest absolute Gasteiger partial charge is 0.252 e. The molecule has 1 aromatic carbocycles. The maximum Gasteiger partial charge on any atom is 0.252 e. The Hall–Kier alpha value is -2.67. The minimum Gasteiger partial charge on any atom is -0.347 e. The van der Waals surface area contributed by atoms with Gasteiger partial charge in [0.1, 0.15) is 4.21 Å². The summed E-state index contributed by atoms with van der Waals surface area (Å²) < 4.78 is 27.1. The molecule has 0 bridgehead atoms. The van der Waals surface area contributed by atoms with Crippen LogP contribution in [0, 0.1) is 12.3 Å². The van der Waals surface area contributed by atoms with Gasteiger partial charge < -0.3 is 10.6 Å². The van der Waals surface area contributed by atoms with Gasteiger partial charge in [-0.2, -0.15) is 4.31 Å². The molecule has 0 spiro atoms. The number of rotatable bonds is 7. The lowest BCUT2D eigenvalue weighted by molar-refractivity contribution is -0.123. The van der Waals surface area contributed by atoms with E-state index in [0.29, 0.717) is 29.2 Å². The summed E-state index contributed by atoms with van der Waals surface area (Å²) in [5.74, 6) is 1.75. The average molecular weight is 446 g/mol. The summed E-state index contributed by atoms with van der Waals surface area (Å²) in [5.41, 5.74) is 1.19. The Labute approximate surface area is 180 Å². The molecule has 1 aromatic heterocycles. The molecule has 1 saturated heterocycles. The first-order valence-corrected chi connectivity index (χ1v) is 11.9. The number of sulfonamides is 1. The second-order valence-corrected chi connectivity index (χ2v) is 10.2. The van der Waals surface area contributed by atoms with Crippen molar-refractivity contribution in [2.75, 3.05) is 25.0 Å². The quantitative estimate of drug-likeness (QED) is 0.639. The molecular formula is C21H23N3O4S2. The molecule has 0 radical (unpaired) electrons. The highest BCUT2D eigenvalue weighted by Gasteiger charge is 2.27. The Morgan fingerprint density at radius 3 is 2.60 bits per heavy atom. The number of nitrogens with zero attached hydrogens (tertiary/aromatic N) is 1. The molecule has 2 N–H and O–H groups in total. The van der Waals surface area contributed by atoms with Crippen molar-refractivity contribution in [2.45, 2.75) is 29.9 Å². The molecule has 0 aliphatic carbocycles. The van der Waals surface area contributed by atoms with Crippen molar-refractivity contribution >= 4 is 38.9 Å². The summed E-state index contributed by atoms with van der Waals surface area (Å²) in [6, 6.07) is 10.0. The first-order chi connectivity index (χ1) is 14.4. The highest BCUT2D eigenvalue weighted by molar-refractivity contribution is 7.91. The lowest BCUT2D eigenvalue weighted by Gasteiger charge is -2.25. The van der Waals surface area contributed by atoms with Crippen LogP contribution in [-0.2, 0) is 26.0 Å². The summed E-state index contributed by atoms with van der Waals surface area (Å²) >= 11 is 1.09. The van der Waals surface area contributed by atoms with E-state index in [1.165, 1.54) is 4.31 Å². The van der Waals surface area contributed by atoms with Gasteiger partial charge in [-0.05, 0) is 43.2 Å². The van der Waals surface area contributed by atoms with Crippen LogP contribution in [-0.4, -0.2) is 44.2 Å². The molecule has 0 atom stereocenters. The molecule has 0 unspecified atom stereocenters. The highest BCUT2D eigenvalue weighted by Crippen LogP contribution is 2.27. The zero-order chi connectivity index (χ0) is 21.6. The van der Waals surface area contributed by atoms with Gasteiger partial charge in [-0.3, -0.25) is 9.59 Å². The van der Waals surface area contributed by atoms with Crippen molar-refractivity contribution in [3.05, 3.63) is 46.8 Å². The maximum atomic E-state index is 12.7. The summed E-state index contributed by atoms with van der Waals surface area (Å²) in [6.07, 6.45) is 8.13. The standard InChI is InChI=1S/C21H23N3O4S2/c1-2-16-7-6-8-17(13-16)23-20(26)15-22-19(25)14-18-9-10-21(29-18)30(27,28)24-11-4-3-5-12-24/h1,6-10,13H,3-5,11-12,14-15H2,(H,22,25)(H,23,26). The third-order valence-electron chi connectivity index (χ3n) is 4.64. The summed E-state index contributed by atoms with van der Waals surface area (Å²) in [6.45, 7) is 0.883. The molecule has 9 heteroatoms. The molecule has 2 aromatic rings. The third kappa shape index (κ3) is 5.69. The highest BCUT2D eigenvalue weighted by atomic mass is 32.2. The number of nitrogens with one attached hydrogen (secondary N) is 2. The van der Waals surface area contributed by atoms with Crippen LogP contribution >= 0.6 is 11.3 Å². The number of anilines is 1. The van der Waals surface area contributed by atoms with Crippen molar-refractivity contribution in [1.82, 2.24) is 9.62 Å². The molecule has 2 amide bonds. The lowest BCUT2D eigenvalue weighted by atomic mass is 10.2. The monoisotopic (exact) mass is 445 g/mol. The van der Waals surface area contributed by atoms with E-state index in [1.54, 1.807) is 36.4 Å². The van der Waals surface area contributed by atoms with E-state index in [1.807, 2.05) is 0 Å². The largest absolute Gasteiger partial charge is 0.347 e. The molecule has 3 rings (SSSR count). The van der Waals surface area contributed by atoms with E-state index in [-0.39, 0.29) is 29.0 Å². The number of terminal acetylenes is 1. The van der Waals surface area contributed by atoms with E-state index in [0.717, 1.165) is 30.6 Å². The molecule has 0 saturated carbocycles. The van der Waals surface area contributed by atoms with Crippen LogP contribution in [0.4, 0.5) is 5.69 Å². The van der Waals surface area contributed by atoms with Gasteiger partial charge in [0.15, 0.2) is 0 Å². The van der Waals surface area contributed by atoms with Crippen LogP contribution < -0.4 is 10.6 Å². The van der Waals surface area contributed by atoms with Crippen molar-refractivity contribution in [3.8, 4) is 12.3 Å². The van der Waals surface area contributed by atoms with Gasteiger partial charge in [0.05, 0.1) is 13.0 Å². The van der Waals surface area contributed by atoms with Gasteiger partial charge in [-0.1, -0.05) is 18.4 Å². The number of carbonyl (C=O) groups is 2. The molecule has 1 fully saturated rings. The molecule has 7 nitrogen and oxygen atoms in total. The van der Waals surface area contributed by atoms with Crippen LogP contribution in [0.5, 0.6) is 0 Å². The first kappa shape index (κ1) is 22.0. The summed E-state index contributed by atoms with van der Waals surface area (Å²) in [4.78, 5) is 24.8. The van der Waals surface area contributed by atoms with Gasteiger partial charge in [0, 0.05) is 29.2 Å². The Bertz CT molecular complexity index is 1060. The SMILES string of the molecule is C#Cc1cccc(NC(=O)CNC(=O)Cc2ccc(S(=O)(=O)N3CCCCC3)s2)c1. The zero-order valence-corrected chi connectivity index (χ0v) is 18.0. The maximum absolute atomic E-state index is 12.7. The van der Waals surface area contributed by atoms with Crippen LogP contribution in [0.25, 0.3) is 0 Å². The van der Waals surface area contributed by atoms with Gasteiger partial charge in [0.2, 0.25) is 11.8 Å². The molecule has 2 heterocycles. The van der Waals surface area contributed by atoms with Crippen LogP contribution in [0.15, 0.2) is 40.6 Å². The van der Waals surface area contributed by atoms with E-state index in [9.17, 15) is 18.0 Å². The van der Waals surface area contributed by atoms with Crippen LogP contribution in [0.3, 0.4) is 0 Å². The Kier molecular flexibility index (Phi) is 7.26. The van der Waals surface area contributed by atoms with E-state index in [2.05, 4.69) is 16.6 Å². The van der Waals surface area contributed by atoms with Gasteiger partial charge in [0.25, 0.3) is 10.0 Å². The number of hydrogen-bond acceptors (Lipinski definition) is 5. The van der Waals surface area contributed by atoms with Crippen molar-refractivity contribution < 1.29 is 18.0 Å². The fraction of sp³-hybridized carbons (Fsp3) is 0.333. The Morgan fingerprint density at radius 1 is 1.10 bits per heavy atom. The predicted octanol–water partition coefficient (Wildman–Crippen LogP) is 2.20. The van der Waals surface area contributed by atoms with E-state index in [4.69, 9.17) is 6.42 Å². The van der Waals surface area contributed by atoms with Gasteiger partial charge >= 0.3 is 0 Å². The lowest BCUT2D eigenvalue weighted by Crippen LogP contribution is -2.35. The minimum atomic E-state index is -3.50. The second kappa shape index (κ2) is 9.89. The predicted molar refractivity (Wildman–Crippen MR) is 117 cm³/mol. The zero-order valence-electron chi connectivity index (χ0n) is 16.4. The van der Waals surface area contributed by atoms with E-state index >= 15 is 0 Å². The van der Waals surface area contributed by atoms with Crippen LogP contribution in [0.2, 0.25) is 0 Å². The van der Waals surface area contributed by atoms with E-state index < -0.39 is 10.0 Å². The minimum absolute atomic E-state index is 0.0139. The van der Waals surface area contributed by atoms with Crippen molar-refractivity contribution in [2.24, 2.45) is 0 Å². The number of benzene rings is 1. The topological polar surface area (TPSA) is 95.6 Å². The number of carbonyl (C=O) groups excluding carboxylic acids is 2. The van der Waals surface area contributed by atoms with Gasteiger partial charge in [-0.15, -0.1) is 17.8 Å². The Balaban J connectivity index is 1.50. The van der Waals surface area contributed by atoms with Gasteiger partial charge in [-0.25, -0.2) is 8.42 Å². The fourth-order valence-corrected chi connectivity index (χ4v) is 6.14. The van der Waals surface area contributed by atoms with Crippen molar-refractivity contribution in [3.63, 3.8) is 0 Å². The first-order valence-electron chi connectivity index (χ1n) is 9.60. The molecule has 1 aliphatic heterocycles. The number of piperidine rings is 1. The number of amides is 2. The third-order valence-corrected chi connectivity index (χ3v) is 8.09. The molecule has 1 aliphatic rings. The summed E-state index contributed by atoms with van der Waals surface area (Å²) in [5, 5.41) is 5.21. The number of thiophene rings is 1. The van der Waals surface area contributed by atoms with Crippen LogP contribution in [0.1, 0.15) is 29.7 Å². The fourth-order valence-electron chi connectivity index (χ4n) is 3.12. The summed E-state index contributed by atoms with van der Waals surface area (Å²) in [7, 11) is -3.50. The van der Waals surface area contributed by atoms with Crippen molar-refractivity contribution in [1.29, 1.82) is 0 Å². The second-order valence-electron chi connectivity index (χ2n) is 6.91. The average Bonchev–Trinajstić information content (AvgIpc) is 3.22. The molecule has 158 valence electrons. The molecular weight excluding hydrogens is 422 g/mol.